The molecule has 0 spiro atoms. The van der Waals surface area contributed by atoms with Gasteiger partial charge in [0.2, 0.25) is 0 Å². The third kappa shape index (κ3) is 5.81. The number of carbonyl (C=O) groups excluding carboxylic acids is 1. The number of carbonyl (C=O) groups is 1. The standard InChI is InChI=1S/C11H20O2/c12-11-7-4-2-1-3-5-9-13-10-6-8-11/h1-10H2. The molecule has 1 heterocycles. The summed E-state index contributed by atoms with van der Waals surface area (Å²) in [6.45, 7) is 1.65. The molecule has 0 atom stereocenters. The third-order valence-corrected chi connectivity index (χ3v) is 2.49. The summed E-state index contributed by atoms with van der Waals surface area (Å²) in [5.41, 5.74) is 0. The quantitative estimate of drug-likeness (QED) is 0.578. The summed E-state index contributed by atoms with van der Waals surface area (Å²) in [5, 5.41) is 0. The molecule has 1 aliphatic heterocycles. The maximum absolute atomic E-state index is 11.2. The van der Waals surface area contributed by atoms with Gasteiger partial charge >= 0.3 is 0 Å². The summed E-state index contributed by atoms with van der Waals surface area (Å²) in [6, 6.07) is 0. The van der Waals surface area contributed by atoms with Crippen LogP contribution in [0.1, 0.15) is 51.4 Å². The van der Waals surface area contributed by atoms with Crippen LogP contribution in [-0.4, -0.2) is 19.0 Å². The highest BCUT2D eigenvalue weighted by molar-refractivity contribution is 5.78. The average Bonchev–Trinajstić information content (AvgIpc) is 2.11. The monoisotopic (exact) mass is 184 g/mol. The molecule has 2 nitrogen and oxygen atoms in total. The fraction of sp³-hybridized carbons (Fsp3) is 0.909. The van der Waals surface area contributed by atoms with E-state index in [0.717, 1.165) is 38.9 Å². The minimum absolute atomic E-state index is 0.421. The molecule has 1 aliphatic rings. The molecule has 0 bridgehead atoms. The van der Waals surface area contributed by atoms with Gasteiger partial charge < -0.3 is 4.74 Å². The second-order valence-electron chi connectivity index (χ2n) is 3.77. The summed E-state index contributed by atoms with van der Waals surface area (Å²) >= 11 is 0. The Kier molecular flexibility index (Phi) is 5.83. The van der Waals surface area contributed by atoms with Gasteiger partial charge in [-0.05, 0) is 19.3 Å². The van der Waals surface area contributed by atoms with Crippen molar-refractivity contribution in [1.82, 2.24) is 0 Å². The Labute approximate surface area is 80.7 Å². The molecule has 0 aromatic carbocycles. The van der Waals surface area contributed by atoms with Crippen LogP contribution in [-0.2, 0) is 9.53 Å². The van der Waals surface area contributed by atoms with Gasteiger partial charge in [-0.3, -0.25) is 4.79 Å². The highest BCUT2D eigenvalue weighted by Crippen LogP contribution is 2.09. The van der Waals surface area contributed by atoms with Crippen molar-refractivity contribution in [2.75, 3.05) is 13.2 Å². The Hall–Kier alpha value is -0.370. The van der Waals surface area contributed by atoms with Crippen molar-refractivity contribution >= 4 is 5.78 Å². The average molecular weight is 184 g/mol. The Bertz CT molecular complexity index is 129. The van der Waals surface area contributed by atoms with Crippen LogP contribution in [0, 0.1) is 0 Å². The molecule has 0 aromatic rings. The molecule has 0 unspecified atom stereocenters. The highest BCUT2D eigenvalue weighted by Gasteiger charge is 2.02. The third-order valence-electron chi connectivity index (χ3n) is 2.49. The Morgan fingerprint density at radius 2 is 1.38 bits per heavy atom. The second-order valence-corrected chi connectivity index (χ2v) is 3.77. The van der Waals surface area contributed by atoms with Gasteiger partial charge in [0.15, 0.2) is 0 Å². The Morgan fingerprint density at radius 3 is 2.31 bits per heavy atom. The molecule has 0 N–H and O–H groups in total. The van der Waals surface area contributed by atoms with Gasteiger partial charge in [0.25, 0.3) is 0 Å². The van der Waals surface area contributed by atoms with Gasteiger partial charge in [-0.15, -0.1) is 0 Å². The van der Waals surface area contributed by atoms with Crippen molar-refractivity contribution in [2.24, 2.45) is 0 Å². The molecule has 0 radical (unpaired) electrons. The summed E-state index contributed by atoms with van der Waals surface area (Å²) in [5.74, 6) is 0.421. The molecular formula is C11H20O2. The van der Waals surface area contributed by atoms with Crippen LogP contribution in [0.25, 0.3) is 0 Å². The van der Waals surface area contributed by atoms with Gasteiger partial charge in [0.1, 0.15) is 5.78 Å². The fourth-order valence-electron chi connectivity index (χ4n) is 1.66. The maximum Gasteiger partial charge on any atom is 0.132 e. The predicted octanol–water partition coefficient (Wildman–Crippen LogP) is 2.71. The van der Waals surface area contributed by atoms with Crippen molar-refractivity contribution in [3.63, 3.8) is 0 Å². The largest absolute Gasteiger partial charge is 0.381 e. The van der Waals surface area contributed by atoms with E-state index in [4.69, 9.17) is 4.74 Å². The van der Waals surface area contributed by atoms with E-state index in [0.29, 0.717) is 5.78 Å². The minimum atomic E-state index is 0.421. The molecule has 76 valence electrons. The lowest BCUT2D eigenvalue weighted by Crippen LogP contribution is -2.03. The van der Waals surface area contributed by atoms with E-state index in [1.165, 1.54) is 25.7 Å². The Balaban J connectivity index is 2.14. The predicted molar refractivity (Wildman–Crippen MR) is 52.8 cm³/mol. The maximum atomic E-state index is 11.2. The van der Waals surface area contributed by atoms with Crippen LogP contribution in [0.3, 0.4) is 0 Å². The molecule has 1 saturated heterocycles. The normalized spacial score (nSPS) is 23.2. The molecule has 0 aromatic heterocycles. The van der Waals surface area contributed by atoms with Gasteiger partial charge in [-0.1, -0.05) is 19.3 Å². The second kappa shape index (κ2) is 7.07. The smallest absolute Gasteiger partial charge is 0.132 e. The zero-order valence-corrected chi connectivity index (χ0v) is 8.39. The fourth-order valence-corrected chi connectivity index (χ4v) is 1.66. The lowest BCUT2D eigenvalue weighted by Gasteiger charge is -2.06. The van der Waals surface area contributed by atoms with Gasteiger partial charge in [0, 0.05) is 26.1 Å². The highest BCUT2D eigenvalue weighted by atomic mass is 16.5. The molecule has 1 fully saturated rings. The zero-order valence-electron chi connectivity index (χ0n) is 8.39. The lowest BCUT2D eigenvalue weighted by atomic mass is 10.1. The number of ketones is 1. The number of hydrogen-bond acceptors (Lipinski definition) is 2. The number of hydrogen-bond donors (Lipinski definition) is 0. The molecular weight excluding hydrogens is 164 g/mol. The van der Waals surface area contributed by atoms with Crippen LogP contribution < -0.4 is 0 Å². The summed E-state index contributed by atoms with van der Waals surface area (Å²) in [7, 11) is 0. The first kappa shape index (κ1) is 10.7. The van der Waals surface area contributed by atoms with Crippen LogP contribution >= 0.6 is 0 Å². The van der Waals surface area contributed by atoms with E-state index in [1.807, 2.05) is 0 Å². The van der Waals surface area contributed by atoms with Gasteiger partial charge in [0.05, 0.1) is 0 Å². The molecule has 0 aliphatic carbocycles. The summed E-state index contributed by atoms with van der Waals surface area (Å²) < 4.78 is 5.40. The first-order chi connectivity index (χ1) is 6.39. The molecule has 13 heavy (non-hydrogen) atoms. The van der Waals surface area contributed by atoms with E-state index in [-0.39, 0.29) is 0 Å². The topological polar surface area (TPSA) is 26.3 Å². The van der Waals surface area contributed by atoms with Crippen LogP contribution in [0.2, 0.25) is 0 Å². The zero-order chi connectivity index (χ0) is 9.36. The lowest BCUT2D eigenvalue weighted by molar-refractivity contribution is -0.119. The van der Waals surface area contributed by atoms with E-state index < -0.39 is 0 Å². The number of Topliss-reactive ketones (excluding diaryl/α,β-unsaturated/α-hetero) is 1. The van der Waals surface area contributed by atoms with Crippen molar-refractivity contribution in [3.8, 4) is 0 Å². The van der Waals surface area contributed by atoms with Crippen molar-refractivity contribution in [2.45, 2.75) is 51.4 Å². The van der Waals surface area contributed by atoms with E-state index in [9.17, 15) is 4.79 Å². The van der Waals surface area contributed by atoms with Crippen LogP contribution in [0.4, 0.5) is 0 Å². The first-order valence-electron chi connectivity index (χ1n) is 5.49. The Morgan fingerprint density at radius 1 is 0.769 bits per heavy atom. The summed E-state index contributed by atoms with van der Waals surface area (Å²) in [4.78, 5) is 11.2. The van der Waals surface area contributed by atoms with Crippen LogP contribution in [0.5, 0.6) is 0 Å². The van der Waals surface area contributed by atoms with Gasteiger partial charge in [-0.25, -0.2) is 0 Å². The van der Waals surface area contributed by atoms with E-state index >= 15 is 0 Å². The van der Waals surface area contributed by atoms with Gasteiger partial charge in [-0.2, -0.15) is 0 Å². The first-order valence-corrected chi connectivity index (χ1v) is 5.49. The minimum Gasteiger partial charge on any atom is -0.381 e. The molecule has 2 heteroatoms. The SMILES string of the molecule is O=C1CCCCCCCOCCC1. The van der Waals surface area contributed by atoms with Crippen molar-refractivity contribution in [1.29, 1.82) is 0 Å². The van der Waals surface area contributed by atoms with Crippen molar-refractivity contribution < 1.29 is 9.53 Å². The number of ether oxygens (including phenoxy) is 1. The summed E-state index contributed by atoms with van der Waals surface area (Å²) in [6.07, 6.45) is 8.45. The molecule has 0 amide bonds. The van der Waals surface area contributed by atoms with Crippen LogP contribution in [0.15, 0.2) is 0 Å². The van der Waals surface area contributed by atoms with Crippen molar-refractivity contribution in [3.05, 3.63) is 0 Å². The number of rotatable bonds is 0. The molecule has 0 saturated carbocycles. The molecule has 1 rings (SSSR count). The van der Waals surface area contributed by atoms with E-state index in [2.05, 4.69) is 0 Å². The van der Waals surface area contributed by atoms with E-state index in [1.54, 1.807) is 0 Å².